The summed E-state index contributed by atoms with van der Waals surface area (Å²) in [5, 5.41) is 69.9. The largest absolute Gasteiger partial charge is 0.387 e. The predicted molar refractivity (Wildman–Crippen MR) is 222 cm³/mol. The molecule has 0 amide bonds. The Hall–Kier alpha value is -1.28. The van der Waals surface area contributed by atoms with Gasteiger partial charge in [-0.15, -0.1) is 0 Å². The second-order valence-corrected chi connectivity index (χ2v) is 15.4. The second-order valence-electron chi connectivity index (χ2n) is 15.4. The molecule has 0 aromatic carbocycles. The molecule has 0 saturated heterocycles. The molecule has 0 aliphatic carbocycles. The molecule has 0 heterocycles. The van der Waals surface area contributed by atoms with Gasteiger partial charge in [0.15, 0.2) is 0 Å². The molecule has 2 unspecified atom stereocenters. The monoisotopic (exact) mass is 735 g/mol. The second kappa shape index (κ2) is 34.2. The van der Waals surface area contributed by atoms with Crippen molar-refractivity contribution in [1.82, 2.24) is 0 Å². The zero-order valence-electron chi connectivity index (χ0n) is 34.4. The van der Waals surface area contributed by atoms with E-state index in [0.717, 1.165) is 77.0 Å². The number of aliphatic hydroxyl groups excluding tert-OH is 4. The van der Waals surface area contributed by atoms with Crippen molar-refractivity contribution < 1.29 is 30.6 Å². The van der Waals surface area contributed by atoms with Crippen LogP contribution in [-0.2, 0) is 0 Å². The van der Waals surface area contributed by atoms with Gasteiger partial charge in [-0.05, 0) is 51.4 Å². The molecule has 6 nitrogen and oxygen atoms in total. The summed E-state index contributed by atoms with van der Waals surface area (Å²) >= 11 is 0. The van der Waals surface area contributed by atoms with Gasteiger partial charge in [0.05, 0.1) is 0 Å². The molecule has 306 valence electrons. The molecule has 0 aliphatic heterocycles. The minimum Gasteiger partial charge on any atom is -0.387 e. The number of hydrogen-bond donors (Lipinski definition) is 6. The average molecular weight is 735 g/mol. The van der Waals surface area contributed by atoms with Crippen LogP contribution in [0.25, 0.3) is 0 Å². The van der Waals surface area contributed by atoms with Crippen LogP contribution in [0, 0.1) is 0 Å². The Labute approximate surface area is 321 Å². The topological polar surface area (TPSA) is 121 Å². The molecular weight excluding hydrogens is 649 g/mol. The summed E-state index contributed by atoms with van der Waals surface area (Å²) in [6.45, 7) is 8.77. The van der Waals surface area contributed by atoms with Crippen LogP contribution in [0.5, 0.6) is 0 Å². The smallest absolute Gasteiger partial charge is 0.140 e. The van der Waals surface area contributed by atoms with Crippen molar-refractivity contribution in [3.8, 4) is 0 Å². The van der Waals surface area contributed by atoms with Crippen LogP contribution in [0.1, 0.15) is 207 Å². The third kappa shape index (κ3) is 23.5. The summed E-state index contributed by atoms with van der Waals surface area (Å²) in [6.07, 6.45) is 35.7. The van der Waals surface area contributed by atoms with Crippen LogP contribution in [0.4, 0.5) is 0 Å². The molecule has 0 bridgehead atoms. The van der Waals surface area contributed by atoms with Crippen LogP contribution >= 0.6 is 0 Å². The lowest BCUT2D eigenvalue weighted by molar-refractivity contribution is -0.193. The van der Waals surface area contributed by atoms with Crippen molar-refractivity contribution in [2.24, 2.45) is 0 Å². The number of rotatable bonds is 37. The fraction of sp³-hybridized carbons (Fsp3) is 0.826. The minimum atomic E-state index is -2.29. The Balaban J connectivity index is 6.04. The third-order valence-electron chi connectivity index (χ3n) is 10.5. The van der Waals surface area contributed by atoms with E-state index in [9.17, 15) is 30.6 Å². The highest BCUT2D eigenvalue weighted by Crippen LogP contribution is 2.31. The normalized spacial score (nSPS) is 17.3. The molecular formula is C46H86O6. The lowest BCUT2D eigenvalue weighted by atomic mass is 9.77. The van der Waals surface area contributed by atoms with Gasteiger partial charge in [-0.2, -0.15) is 0 Å². The highest BCUT2D eigenvalue weighted by molar-refractivity contribution is 5.22. The van der Waals surface area contributed by atoms with Gasteiger partial charge in [-0.1, -0.05) is 205 Å². The summed E-state index contributed by atoms with van der Waals surface area (Å²) in [7, 11) is 0. The molecule has 0 fully saturated rings. The molecule has 0 spiro atoms. The van der Waals surface area contributed by atoms with E-state index in [-0.39, 0.29) is 0 Å². The first-order valence-corrected chi connectivity index (χ1v) is 22.0. The molecule has 0 saturated carbocycles. The first-order valence-electron chi connectivity index (χ1n) is 22.0. The molecule has 6 atom stereocenters. The number of hydrogen-bond acceptors (Lipinski definition) is 6. The molecule has 6 N–H and O–H groups in total. The molecule has 52 heavy (non-hydrogen) atoms. The Bertz CT molecular complexity index is 827. The Morgan fingerprint density at radius 2 is 0.577 bits per heavy atom. The maximum atomic E-state index is 12.0. The van der Waals surface area contributed by atoms with Gasteiger partial charge >= 0.3 is 0 Å². The number of aliphatic hydroxyl groups is 6. The van der Waals surface area contributed by atoms with Crippen molar-refractivity contribution in [2.75, 3.05) is 0 Å². The molecule has 0 radical (unpaired) electrons. The van der Waals surface area contributed by atoms with Gasteiger partial charge in [0.25, 0.3) is 0 Å². The van der Waals surface area contributed by atoms with Crippen molar-refractivity contribution in [2.45, 2.75) is 243 Å². The number of allylic oxidation sites excluding steroid dienone is 4. The standard InChI is InChI=1S/C46H86O6/c1-5-9-13-17-21-25-29-33-37-41(47)45(51,39-35-31-27-23-19-15-11-7-3)43(49)44(50)46(52,40-36-32-28-24-20-16-12-8-4)42(48)38-34-30-26-22-18-14-10-6-2/h33-44,47-52H,5-32H2,1-4H3/t41?,42?,43-,44-,45+,46+/m0/s1. The van der Waals surface area contributed by atoms with E-state index in [4.69, 9.17) is 0 Å². The summed E-state index contributed by atoms with van der Waals surface area (Å²) in [6, 6.07) is 0. The Kier molecular flexibility index (Phi) is 33.4. The number of unbranched alkanes of at least 4 members (excludes halogenated alkanes) is 24. The zero-order valence-corrected chi connectivity index (χ0v) is 34.4. The maximum absolute atomic E-state index is 12.0. The summed E-state index contributed by atoms with van der Waals surface area (Å²) in [5.74, 6) is 0. The van der Waals surface area contributed by atoms with E-state index >= 15 is 0 Å². The molecule has 0 rings (SSSR count). The van der Waals surface area contributed by atoms with Crippen molar-refractivity contribution in [1.29, 1.82) is 0 Å². The van der Waals surface area contributed by atoms with Crippen LogP contribution in [0.3, 0.4) is 0 Å². The van der Waals surface area contributed by atoms with E-state index in [1.165, 1.54) is 114 Å². The fourth-order valence-corrected chi connectivity index (χ4v) is 6.72. The van der Waals surface area contributed by atoms with Crippen LogP contribution in [0.15, 0.2) is 48.6 Å². The molecule has 0 aromatic heterocycles. The van der Waals surface area contributed by atoms with Crippen LogP contribution in [-0.4, -0.2) is 66.3 Å². The van der Waals surface area contributed by atoms with E-state index in [2.05, 4.69) is 27.7 Å². The van der Waals surface area contributed by atoms with Crippen LogP contribution < -0.4 is 0 Å². The van der Waals surface area contributed by atoms with E-state index in [0.29, 0.717) is 12.8 Å². The van der Waals surface area contributed by atoms with E-state index < -0.39 is 35.6 Å². The maximum Gasteiger partial charge on any atom is 0.140 e. The summed E-state index contributed by atoms with van der Waals surface area (Å²) < 4.78 is 0. The Morgan fingerprint density at radius 1 is 0.346 bits per heavy atom. The fourth-order valence-electron chi connectivity index (χ4n) is 6.72. The summed E-state index contributed by atoms with van der Waals surface area (Å²) in [4.78, 5) is 0. The van der Waals surface area contributed by atoms with Gasteiger partial charge in [0.1, 0.15) is 35.6 Å². The van der Waals surface area contributed by atoms with Crippen molar-refractivity contribution >= 4 is 0 Å². The highest BCUT2D eigenvalue weighted by atomic mass is 16.4. The summed E-state index contributed by atoms with van der Waals surface area (Å²) in [5.41, 5.74) is -4.58. The quantitative estimate of drug-likeness (QED) is 0.0279. The lowest BCUT2D eigenvalue weighted by Crippen LogP contribution is -2.63. The van der Waals surface area contributed by atoms with E-state index in [1.54, 1.807) is 12.2 Å². The molecule has 0 aromatic rings. The van der Waals surface area contributed by atoms with Crippen molar-refractivity contribution in [3.05, 3.63) is 48.6 Å². The molecule has 0 aliphatic rings. The minimum absolute atomic E-state index is 0.650. The molecule has 6 heteroatoms. The SMILES string of the molecule is CCCCCCCCC=CC(O)[C@](O)(C=CCCCCCCCC)[C@@H](O)[C@H](O)[C@@](O)(C=CCCCCCCCC)C(O)C=CCCCCCCCC. The zero-order chi connectivity index (χ0) is 38.8. The van der Waals surface area contributed by atoms with Gasteiger partial charge in [0.2, 0.25) is 0 Å². The van der Waals surface area contributed by atoms with Gasteiger partial charge in [0, 0.05) is 0 Å². The first kappa shape index (κ1) is 50.7. The predicted octanol–water partition coefficient (Wildman–Crippen LogP) is 11.1. The van der Waals surface area contributed by atoms with E-state index in [1.807, 2.05) is 12.2 Å². The average Bonchev–Trinajstić information content (AvgIpc) is 3.14. The van der Waals surface area contributed by atoms with Crippen LogP contribution in [0.2, 0.25) is 0 Å². The lowest BCUT2D eigenvalue weighted by Gasteiger charge is -2.42. The first-order chi connectivity index (χ1) is 25.1. The Morgan fingerprint density at radius 3 is 0.846 bits per heavy atom. The van der Waals surface area contributed by atoms with Crippen molar-refractivity contribution in [3.63, 3.8) is 0 Å². The third-order valence-corrected chi connectivity index (χ3v) is 10.5. The highest BCUT2D eigenvalue weighted by Gasteiger charge is 2.51. The van der Waals surface area contributed by atoms with Gasteiger partial charge < -0.3 is 30.6 Å². The van der Waals surface area contributed by atoms with Gasteiger partial charge in [-0.25, -0.2) is 0 Å². The van der Waals surface area contributed by atoms with Gasteiger partial charge in [-0.3, -0.25) is 0 Å².